The van der Waals surface area contributed by atoms with Crippen LogP contribution in [0.3, 0.4) is 0 Å². The molecule has 240 valence electrons. The van der Waals surface area contributed by atoms with E-state index in [1.807, 2.05) is 0 Å². The monoisotopic (exact) mass is 642 g/mol. The fourth-order valence-electron chi connectivity index (χ4n) is 10.3. The number of aryl methyl sites for hydroxylation is 7. The second-order valence-electron chi connectivity index (χ2n) is 15.2. The summed E-state index contributed by atoms with van der Waals surface area (Å²) in [4.78, 5) is 5.30. The van der Waals surface area contributed by atoms with Crippen molar-refractivity contribution in [1.29, 1.82) is 0 Å². The molecule has 2 aliphatic heterocycles. The predicted octanol–water partition coefficient (Wildman–Crippen LogP) is 9.98. The van der Waals surface area contributed by atoms with Gasteiger partial charge in [-0.15, -0.1) is 0 Å². The SMILES string of the molecule is Cc1cc2c3c(c1)N(c1ccccc1C)c1c(cc4c5c(cccc15)CCC4)B3c1cc3c4c(cccc4c1N2c1ccccc1C)CCC3. The lowest BCUT2D eigenvalue weighted by Gasteiger charge is -2.46. The molecule has 2 aliphatic carbocycles. The Balaban J connectivity index is 1.35. The largest absolute Gasteiger partial charge is 0.311 e. The minimum absolute atomic E-state index is 0.128. The van der Waals surface area contributed by atoms with Gasteiger partial charge in [0.2, 0.25) is 0 Å². The number of rotatable bonds is 2. The lowest BCUT2D eigenvalue weighted by atomic mass is 9.33. The molecule has 0 atom stereocenters. The Bertz CT molecular complexity index is 2440. The topological polar surface area (TPSA) is 6.48 Å². The van der Waals surface area contributed by atoms with E-state index in [9.17, 15) is 0 Å². The van der Waals surface area contributed by atoms with Crippen LogP contribution in [0.15, 0.2) is 109 Å². The third-order valence-electron chi connectivity index (χ3n) is 12.3. The number of hydrogen-bond donors (Lipinski definition) is 0. The number of nitrogens with zero attached hydrogens (tertiary/aromatic N) is 2. The van der Waals surface area contributed by atoms with Crippen molar-refractivity contribution < 1.29 is 0 Å². The number of anilines is 6. The second kappa shape index (κ2) is 10.4. The normalized spacial score (nSPS) is 15.3. The van der Waals surface area contributed by atoms with Crippen molar-refractivity contribution in [1.82, 2.24) is 0 Å². The zero-order valence-corrected chi connectivity index (χ0v) is 29.1. The smallest absolute Gasteiger partial charge is 0.252 e. The molecule has 2 nitrogen and oxygen atoms in total. The Morgan fingerprint density at radius 2 is 0.920 bits per heavy atom. The molecule has 0 bridgehead atoms. The lowest BCUT2D eigenvalue weighted by Crippen LogP contribution is -2.61. The van der Waals surface area contributed by atoms with Crippen LogP contribution < -0.4 is 26.2 Å². The van der Waals surface area contributed by atoms with Gasteiger partial charge in [-0.05, 0) is 150 Å². The van der Waals surface area contributed by atoms with Crippen LogP contribution in [0.5, 0.6) is 0 Å². The summed E-state index contributed by atoms with van der Waals surface area (Å²) in [6.07, 6.45) is 7.02. The molecule has 0 unspecified atom stereocenters. The van der Waals surface area contributed by atoms with Gasteiger partial charge in [0.25, 0.3) is 6.71 Å². The number of benzene rings is 7. The van der Waals surface area contributed by atoms with Gasteiger partial charge in [0.15, 0.2) is 0 Å². The van der Waals surface area contributed by atoms with E-state index in [2.05, 4.69) is 140 Å². The fraction of sp³-hybridized carbons (Fsp3) is 0.191. The van der Waals surface area contributed by atoms with E-state index < -0.39 is 0 Å². The lowest BCUT2D eigenvalue weighted by molar-refractivity contribution is 0.808. The summed E-state index contributed by atoms with van der Waals surface area (Å²) in [6, 6.07) is 42.4. The number of para-hydroxylation sites is 2. The number of hydrogen-bond acceptors (Lipinski definition) is 2. The average molecular weight is 643 g/mol. The third-order valence-corrected chi connectivity index (χ3v) is 12.3. The Morgan fingerprint density at radius 1 is 0.460 bits per heavy atom. The molecule has 2 heterocycles. The van der Waals surface area contributed by atoms with Crippen LogP contribution in [0.4, 0.5) is 34.1 Å². The van der Waals surface area contributed by atoms with Gasteiger partial charge in [0, 0.05) is 44.9 Å². The van der Waals surface area contributed by atoms with Crippen LogP contribution in [0, 0.1) is 20.8 Å². The van der Waals surface area contributed by atoms with Gasteiger partial charge < -0.3 is 9.80 Å². The van der Waals surface area contributed by atoms with Gasteiger partial charge in [0.1, 0.15) is 0 Å². The maximum atomic E-state index is 2.65. The zero-order chi connectivity index (χ0) is 33.2. The molecular weight excluding hydrogens is 603 g/mol. The van der Waals surface area contributed by atoms with Crippen molar-refractivity contribution in [2.45, 2.75) is 59.3 Å². The van der Waals surface area contributed by atoms with Gasteiger partial charge in [0.05, 0.1) is 0 Å². The molecule has 0 amide bonds. The zero-order valence-electron chi connectivity index (χ0n) is 29.1. The molecule has 11 rings (SSSR count). The maximum absolute atomic E-state index is 2.65. The molecule has 4 aliphatic rings. The molecule has 3 heteroatoms. The average Bonchev–Trinajstić information content (AvgIpc) is 3.13. The van der Waals surface area contributed by atoms with Gasteiger partial charge in [-0.1, -0.05) is 84.9 Å². The van der Waals surface area contributed by atoms with Crippen LogP contribution >= 0.6 is 0 Å². The highest BCUT2D eigenvalue weighted by Gasteiger charge is 2.46. The molecule has 0 saturated heterocycles. The van der Waals surface area contributed by atoms with E-state index in [0.717, 1.165) is 25.7 Å². The van der Waals surface area contributed by atoms with Crippen molar-refractivity contribution in [3.8, 4) is 0 Å². The first-order valence-corrected chi connectivity index (χ1v) is 18.6. The van der Waals surface area contributed by atoms with E-state index in [0.29, 0.717) is 0 Å². The molecule has 0 saturated carbocycles. The van der Waals surface area contributed by atoms with Crippen molar-refractivity contribution in [3.63, 3.8) is 0 Å². The van der Waals surface area contributed by atoms with Crippen LogP contribution in [0.25, 0.3) is 21.5 Å². The second-order valence-corrected chi connectivity index (χ2v) is 15.2. The van der Waals surface area contributed by atoms with Crippen LogP contribution in [0.1, 0.15) is 51.8 Å². The van der Waals surface area contributed by atoms with Crippen molar-refractivity contribution >= 4 is 78.8 Å². The molecule has 50 heavy (non-hydrogen) atoms. The Labute approximate surface area is 295 Å². The van der Waals surface area contributed by atoms with E-state index in [4.69, 9.17) is 0 Å². The maximum Gasteiger partial charge on any atom is 0.252 e. The summed E-state index contributed by atoms with van der Waals surface area (Å²) in [5.74, 6) is 0. The molecule has 0 radical (unpaired) electrons. The van der Waals surface area contributed by atoms with Gasteiger partial charge in [-0.3, -0.25) is 0 Å². The highest BCUT2D eigenvalue weighted by Crippen LogP contribution is 2.50. The molecular formula is C47H39BN2. The summed E-state index contributed by atoms with van der Waals surface area (Å²) in [5.41, 5.74) is 22.2. The molecule has 0 fully saturated rings. The Hall–Kier alpha value is -5.28. The van der Waals surface area contributed by atoms with Crippen LogP contribution in [0.2, 0.25) is 0 Å². The van der Waals surface area contributed by atoms with Gasteiger partial charge >= 0.3 is 0 Å². The van der Waals surface area contributed by atoms with Crippen LogP contribution in [-0.2, 0) is 25.7 Å². The highest BCUT2D eigenvalue weighted by molar-refractivity contribution is 7.00. The molecule has 7 aromatic rings. The summed E-state index contributed by atoms with van der Waals surface area (Å²) in [5, 5.41) is 5.78. The number of fused-ring (bicyclic) bond motifs is 6. The Morgan fingerprint density at radius 3 is 1.40 bits per heavy atom. The van der Waals surface area contributed by atoms with E-state index >= 15 is 0 Å². The summed E-state index contributed by atoms with van der Waals surface area (Å²) in [6.45, 7) is 6.97. The predicted molar refractivity (Wildman–Crippen MR) is 214 cm³/mol. The first kappa shape index (κ1) is 28.6. The molecule has 0 spiro atoms. The summed E-state index contributed by atoms with van der Waals surface area (Å²) >= 11 is 0. The minimum Gasteiger partial charge on any atom is -0.311 e. The minimum atomic E-state index is 0.128. The quantitative estimate of drug-likeness (QED) is 0.173. The highest BCUT2D eigenvalue weighted by atomic mass is 15.2. The summed E-state index contributed by atoms with van der Waals surface area (Å²) in [7, 11) is 0. The first-order valence-electron chi connectivity index (χ1n) is 18.6. The summed E-state index contributed by atoms with van der Waals surface area (Å²) < 4.78 is 0. The molecule has 0 N–H and O–H groups in total. The standard InChI is InChI=1S/C47H39BN2/c1-28-24-41-45-42(25-28)50(40-23-7-5-13-30(40)3)47-36-21-11-17-32-15-9-19-34(44(32)36)27-38(47)48(45)37-26-33-18-8-14-31-16-10-20-35(43(31)33)46(37)49(41)39-22-6-4-12-29(39)2/h4-7,10-13,16-17,20-27H,8-9,14-15,18-19H2,1-3H3. The van der Waals surface area contributed by atoms with Crippen molar-refractivity contribution in [2.24, 2.45) is 0 Å². The van der Waals surface area contributed by atoms with E-state index in [1.165, 1.54) is 124 Å². The van der Waals surface area contributed by atoms with Gasteiger partial charge in [-0.25, -0.2) is 0 Å². The van der Waals surface area contributed by atoms with E-state index in [1.54, 1.807) is 0 Å². The van der Waals surface area contributed by atoms with Crippen molar-refractivity contribution in [2.75, 3.05) is 9.80 Å². The fourth-order valence-corrected chi connectivity index (χ4v) is 10.3. The van der Waals surface area contributed by atoms with Crippen molar-refractivity contribution in [3.05, 3.63) is 148 Å². The van der Waals surface area contributed by atoms with Crippen LogP contribution in [-0.4, -0.2) is 6.71 Å². The molecule has 7 aromatic carbocycles. The Kier molecular flexibility index (Phi) is 5.92. The van der Waals surface area contributed by atoms with E-state index in [-0.39, 0.29) is 6.71 Å². The first-order chi connectivity index (χ1) is 24.6. The molecule has 0 aromatic heterocycles. The third kappa shape index (κ3) is 3.76. The van der Waals surface area contributed by atoms with Gasteiger partial charge in [-0.2, -0.15) is 0 Å².